The molecule has 0 spiro atoms. The van der Waals surface area contributed by atoms with Gasteiger partial charge in [0.2, 0.25) is 0 Å². The molecule has 33 heavy (non-hydrogen) atoms. The van der Waals surface area contributed by atoms with Crippen LogP contribution in [0.15, 0.2) is 36.4 Å². The first-order chi connectivity index (χ1) is 15.7. The predicted molar refractivity (Wildman–Crippen MR) is 120 cm³/mol. The van der Waals surface area contributed by atoms with E-state index in [2.05, 4.69) is 0 Å². The maximum Gasteiger partial charge on any atom is 0.269 e. The summed E-state index contributed by atoms with van der Waals surface area (Å²) in [6, 6.07) is 9.70. The number of hydrogen-bond acceptors (Lipinski definition) is 7. The smallest absolute Gasteiger partial charge is 0.269 e. The molecule has 0 aromatic heterocycles. The molecule has 176 valence electrons. The van der Waals surface area contributed by atoms with E-state index < -0.39 is 22.1 Å². The van der Waals surface area contributed by atoms with Crippen molar-refractivity contribution in [2.75, 3.05) is 13.2 Å². The van der Waals surface area contributed by atoms with Crippen LogP contribution < -0.4 is 0 Å². The second kappa shape index (κ2) is 9.17. The molecule has 0 N–H and O–H groups in total. The predicted octanol–water partition coefficient (Wildman–Crippen LogP) is 5.35. The Hall–Kier alpha value is -2.88. The van der Waals surface area contributed by atoms with Crippen LogP contribution in [0.1, 0.15) is 74.0 Å². The van der Waals surface area contributed by atoms with Gasteiger partial charge >= 0.3 is 0 Å². The zero-order chi connectivity index (χ0) is 23.9. The lowest BCUT2D eigenvalue weighted by molar-refractivity contribution is -0.385. The fourth-order valence-electron chi connectivity index (χ4n) is 4.21. The molecular weight excluding hydrogens is 428 g/mol. The topological polar surface area (TPSA) is 121 Å². The van der Waals surface area contributed by atoms with Crippen LogP contribution in [0, 0.1) is 20.2 Å². The van der Waals surface area contributed by atoms with Crippen LogP contribution in [0.3, 0.4) is 0 Å². The van der Waals surface area contributed by atoms with E-state index >= 15 is 0 Å². The Morgan fingerprint density at radius 1 is 0.758 bits per heavy atom. The van der Waals surface area contributed by atoms with E-state index in [-0.39, 0.29) is 35.4 Å². The third kappa shape index (κ3) is 5.05. The highest BCUT2D eigenvalue weighted by Crippen LogP contribution is 2.44. The van der Waals surface area contributed by atoms with Crippen molar-refractivity contribution >= 4 is 11.4 Å². The van der Waals surface area contributed by atoms with E-state index in [4.69, 9.17) is 14.2 Å². The summed E-state index contributed by atoms with van der Waals surface area (Å²) in [5, 5.41) is 22.7. The average Bonchev–Trinajstić information content (AvgIpc) is 3.67. The summed E-state index contributed by atoms with van der Waals surface area (Å²) >= 11 is 0. The number of ether oxygens (including phenoxy) is 3. The van der Waals surface area contributed by atoms with Crippen LogP contribution in [0.5, 0.6) is 0 Å². The van der Waals surface area contributed by atoms with Gasteiger partial charge in [-0.05, 0) is 46.2 Å². The Labute approximate surface area is 192 Å². The van der Waals surface area contributed by atoms with Gasteiger partial charge in [-0.2, -0.15) is 0 Å². The minimum Gasteiger partial charge on any atom is -0.370 e. The van der Waals surface area contributed by atoms with Crippen LogP contribution >= 0.6 is 0 Å². The normalized spacial score (nSPS) is 21.2. The molecule has 0 amide bonds. The molecular formula is C24H28N2O7. The molecule has 2 aliphatic heterocycles. The van der Waals surface area contributed by atoms with E-state index in [1.54, 1.807) is 24.3 Å². The van der Waals surface area contributed by atoms with Gasteiger partial charge in [-0.25, -0.2) is 0 Å². The molecule has 9 heteroatoms. The number of nitrogens with zero attached hydrogens (tertiary/aromatic N) is 2. The number of rotatable bonds is 10. The Morgan fingerprint density at radius 2 is 1.12 bits per heavy atom. The van der Waals surface area contributed by atoms with Gasteiger partial charge in [-0.15, -0.1) is 0 Å². The van der Waals surface area contributed by atoms with Crippen LogP contribution in [-0.2, 0) is 14.2 Å². The maximum absolute atomic E-state index is 11.3. The molecule has 0 bridgehead atoms. The minimum absolute atomic E-state index is 0.0393. The van der Waals surface area contributed by atoms with Gasteiger partial charge in [0.25, 0.3) is 11.4 Å². The summed E-state index contributed by atoms with van der Waals surface area (Å²) in [7, 11) is 0. The van der Waals surface area contributed by atoms with Crippen molar-refractivity contribution in [3.63, 3.8) is 0 Å². The maximum atomic E-state index is 11.3. The van der Waals surface area contributed by atoms with Crippen molar-refractivity contribution in [2.24, 2.45) is 0 Å². The minimum atomic E-state index is -0.437. The number of epoxide rings is 2. The van der Waals surface area contributed by atoms with Crippen LogP contribution in [0.25, 0.3) is 0 Å². The van der Waals surface area contributed by atoms with Gasteiger partial charge in [0.15, 0.2) is 0 Å². The van der Waals surface area contributed by atoms with Gasteiger partial charge in [0, 0.05) is 24.3 Å². The average molecular weight is 456 g/mol. The van der Waals surface area contributed by atoms with Crippen molar-refractivity contribution in [1.82, 2.24) is 0 Å². The molecule has 2 heterocycles. The second-order valence-electron chi connectivity index (χ2n) is 9.17. The monoisotopic (exact) mass is 456 g/mol. The SMILES string of the molecule is CC(C)c1cc([N+](=O)[O-])ccc1C(OC(c1ccc([N+](=O)[O-])cc1C(C)C)C1CO1)C1CO1. The number of nitro groups is 2. The Balaban J connectivity index is 1.74. The highest BCUT2D eigenvalue weighted by atomic mass is 16.6. The van der Waals surface area contributed by atoms with Crippen molar-refractivity contribution in [1.29, 1.82) is 0 Å². The zero-order valence-electron chi connectivity index (χ0n) is 19.1. The van der Waals surface area contributed by atoms with Crippen molar-refractivity contribution in [3.8, 4) is 0 Å². The van der Waals surface area contributed by atoms with Gasteiger partial charge in [-0.1, -0.05) is 27.7 Å². The lowest BCUT2D eigenvalue weighted by atomic mass is 9.90. The lowest BCUT2D eigenvalue weighted by Crippen LogP contribution is -2.21. The molecule has 4 unspecified atom stereocenters. The molecule has 2 saturated heterocycles. The quantitative estimate of drug-likeness (QED) is 0.268. The molecule has 0 aliphatic carbocycles. The summed E-state index contributed by atoms with van der Waals surface area (Å²) < 4.78 is 17.9. The van der Waals surface area contributed by atoms with Crippen LogP contribution in [-0.4, -0.2) is 35.3 Å². The van der Waals surface area contributed by atoms with Gasteiger partial charge in [-0.3, -0.25) is 20.2 Å². The van der Waals surface area contributed by atoms with Gasteiger partial charge in [0.1, 0.15) is 24.4 Å². The number of nitro benzene ring substituents is 2. The van der Waals surface area contributed by atoms with Crippen LogP contribution in [0.4, 0.5) is 11.4 Å². The molecule has 2 aromatic carbocycles. The summed E-state index contributed by atoms with van der Waals surface area (Å²) in [6.45, 7) is 9.03. The van der Waals surface area contributed by atoms with Crippen molar-refractivity contribution in [3.05, 3.63) is 78.9 Å². The Bertz CT molecular complexity index is 977. The first-order valence-electron chi connectivity index (χ1n) is 11.1. The summed E-state index contributed by atoms with van der Waals surface area (Å²) in [4.78, 5) is 21.9. The van der Waals surface area contributed by atoms with Gasteiger partial charge in [0.05, 0.1) is 23.1 Å². The first-order valence-corrected chi connectivity index (χ1v) is 11.1. The molecule has 0 radical (unpaired) electrons. The van der Waals surface area contributed by atoms with E-state index in [1.165, 1.54) is 12.1 Å². The van der Waals surface area contributed by atoms with E-state index in [9.17, 15) is 20.2 Å². The molecule has 2 fully saturated rings. The van der Waals surface area contributed by atoms with E-state index in [0.717, 1.165) is 22.3 Å². The van der Waals surface area contributed by atoms with Crippen molar-refractivity contribution < 1.29 is 24.1 Å². The lowest BCUT2D eigenvalue weighted by Gasteiger charge is -2.28. The molecule has 0 saturated carbocycles. The highest BCUT2D eigenvalue weighted by Gasteiger charge is 2.44. The van der Waals surface area contributed by atoms with Crippen LogP contribution in [0.2, 0.25) is 0 Å². The molecule has 2 aromatic rings. The zero-order valence-corrected chi connectivity index (χ0v) is 19.1. The molecule has 4 atom stereocenters. The Morgan fingerprint density at radius 3 is 1.39 bits per heavy atom. The largest absolute Gasteiger partial charge is 0.370 e. The number of benzene rings is 2. The fourth-order valence-corrected chi connectivity index (χ4v) is 4.21. The summed E-state index contributed by atoms with van der Waals surface area (Å²) in [5.74, 6) is 0.0944. The molecule has 4 rings (SSSR count). The van der Waals surface area contributed by atoms with E-state index in [0.29, 0.717) is 13.2 Å². The fraction of sp³-hybridized carbons (Fsp3) is 0.500. The molecule has 2 aliphatic rings. The Kier molecular flexibility index (Phi) is 6.47. The number of non-ortho nitro benzene ring substituents is 2. The second-order valence-corrected chi connectivity index (χ2v) is 9.17. The number of hydrogen-bond donors (Lipinski definition) is 0. The summed E-state index contributed by atoms with van der Waals surface area (Å²) in [5.41, 5.74) is 3.48. The third-order valence-corrected chi connectivity index (χ3v) is 6.11. The molecule has 9 nitrogen and oxygen atoms in total. The van der Waals surface area contributed by atoms with Crippen molar-refractivity contribution in [2.45, 2.75) is 63.9 Å². The van der Waals surface area contributed by atoms with E-state index in [1.807, 2.05) is 27.7 Å². The van der Waals surface area contributed by atoms with Gasteiger partial charge < -0.3 is 14.2 Å². The summed E-state index contributed by atoms with van der Waals surface area (Å²) in [6.07, 6.45) is -1.20. The third-order valence-electron chi connectivity index (χ3n) is 6.11. The first kappa shape index (κ1) is 23.3. The highest BCUT2D eigenvalue weighted by molar-refractivity contribution is 5.45. The standard InChI is InChI=1S/C24H28N2O7/c1-13(2)19-9-15(25(27)28)5-7-17(19)23(21-11-31-21)33-24(22-12-32-22)18-8-6-16(26(29)30)10-20(18)14(3)4/h5-10,13-14,21-24H,11-12H2,1-4H3.